The molecule has 5 heteroatoms. The molecule has 2 aliphatic rings. The van der Waals surface area contributed by atoms with E-state index in [9.17, 15) is 4.79 Å². The van der Waals surface area contributed by atoms with Crippen molar-refractivity contribution in [2.45, 2.75) is 39.4 Å². The molecule has 0 amide bonds. The van der Waals surface area contributed by atoms with Crippen molar-refractivity contribution in [2.24, 2.45) is 5.92 Å². The number of aryl methyl sites for hydroxylation is 1. The highest BCUT2D eigenvalue weighted by Crippen LogP contribution is 2.48. The highest BCUT2D eigenvalue weighted by Gasteiger charge is 2.46. The first-order chi connectivity index (χ1) is 10.5. The highest BCUT2D eigenvalue weighted by atomic mass is 16.7. The number of carbonyl (C=O) groups is 1. The first-order valence-electron chi connectivity index (χ1n) is 7.77. The van der Waals surface area contributed by atoms with E-state index in [1.54, 1.807) is 0 Å². The Labute approximate surface area is 130 Å². The van der Waals surface area contributed by atoms with Gasteiger partial charge in [0.1, 0.15) is 0 Å². The number of carbonyl (C=O) groups excluding carboxylic acids is 1. The summed E-state index contributed by atoms with van der Waals surface area (Å²) in [5.41, 5.74) is 2.22. The minimum absolute atomic E-state index is 0.335. The van der Waals surface area contributed by atoms with Crippen LogP contribution in [0.15, 0.2) is 6.07 Å². The number of fused-ring (bicyclic) bond motifs is 1. The van der Waals surface area contributed by atoms with Gasteiger partial charge in [0.2, 0.25) is 0 Å². The largest absolute Gasteiger partial charge is 0.465 e. The summed E-state index contributed by atoms with van der Waals surface area (Å²) in [6.45, 7) is 7.77. The first kappa shape index (κ1) is 15.2. The molecule has 1 fully saturated rings. The molecule has 1 N–H and O–H groups in total. The van der Waals surface area contributed by atoms with Gasteiger partial charge in [-0.05, 0) is 51.4 Å². The zero-order valence-electron chi connectivity index (χ0n) is 13.6. The van der Waals surface area contributed by atoms with Gasteiger partial charge in [-0.25, -0.2) is 4.79 Å². The van der Waals surface area contributed by atoms with Gasteiger partial charge in [-0.15, -0.1) is 0 Å². The van der Waals surface area contributed by atoms with Crippen LogP contribution in [0.5, 0.6) is 11.5 Å². The van der Waals surface area contributed by atoms with Crippen LogP contribution in [0.2, 0.25) is 0 Å². The zero-order chi connectivity index (χ0) is 15.9. The second kappa shape index (κ2) is 5.47. The molecule has 0 saturated carbocycles. The summed E-state index contributed by atoms with van der Waals surface area (Å²) >= 11 is 0. The third-order valence-corrected chi connectivity index (χ3v) is 4.77. The lowest BCUT2D eigenvalue weighted by Gasteiger charge is -2.35. The van der Waals surface area contributed by atoms with Crippen molar-refractivity contribution in [3.05, 3.63) is 22.8 Å². The lowest BCUT2D eigenvalue weighted by molar-refractivity contribution is -0.118. The molecule has 0 bridgehead atoms. The number of esters is 1. The number of hydrogen-bond donors (Lipinski definition) is 1. The molecule has 0 aliphatic carbocycles. The third kappa shape index (κ3) is 2.33. The Bertz CT molecular complexity index is 607. The third-order valence-electron chi connectivity index (χ3n) is 4.77. The van der Waals surface area contributed by atoms with Crippen LogP contribution in [0.1, 0.15) is 41.3 Å². The standard InChI is InChI=1S/C17H23NO4/c1-10-9-13(16(19)20-4)11(2)15-14(10)21-17(3,22-15)12-5-7-18-8-6-12/h9,12,18H,5-8H2,1-4H3/t17-/m1/s1. The van der Waals surface area contributed by atoms with Crippen LogP contribution in [-0.2, 0) is 4.74 Å². The molecule has 1 aromatic rings. The number of benzene rings is 1. The van der Waals surface area contributed by atoms with Gasteiger partial charge >= 0.3 is 5.97 Å². The van der Waals surface area contributed by atoms with Gasteiger partial charge in [0, 0.05) is 18.4 Å². The maximum atomic E-state index is 11.9. The van der Waals surface area contributed by atoms with Crippen molar-refractivity contribution in [3.8, 4) is 11.5 Å². The summed E-state index contributed by atoms with van der Waals surface area (Å²) in [6.07, 6.45) is 2.04. The van der Waals surface area contributed by atoms with Crippen molar-refractivity contribution >= 4 is 5.97 Å². The van der Waals surface area contributed by atoms with Crippen molar-refractivity contribution < 1.29 is 19.0 Å². The van der Waals surface area contributed by atoms with E-state index in [2.05, 4.69) is 5.32 Å². The van der Waals surface area contributed by atoms with E-state index in [1.807, 2.05) is 26.8 Å². The molecule has 0 unspecified atom stereocenters. The number of methoxy groups -OCH3 is 1. The van der Waals surface area contributed by atoms with Crippen molar-refractivity contribution in [1.29, 1.82) is 0 Å². The second-order valence-electron chi connectivity index (χ2n) is 6.26. The summed E-state index contributed by atoms with van der Waals surface area (Å²) in [5.74, 6) is 0.769. The van der Waals surface area contributed by atoms with Crippen LogP contribution in [0.4, 0.5) is 0 Å². The predicted molar refractivity (Wildman–Crippen MR) is 82.5 cm³/mol. The smallest absolute Gasteiger partial charge is 0.338 e. The molecule has 0 radical (unpaired) electrons. The first-order valence-corrected chi connectivity index (χ1v) is 7.77. The van der Waals surface area contributed by atoms with Crippen LogP contribution < -0.4 is 14.8 Å². The normalized spacial score (nSPS) is 24.4. The summed E-state index contributed by atoms with van der Waals surface area (Å²) < 4.78 is 17.3. The number of hydrogen-bond acceptors (Lipinski definition) is 5. The Balaban J connectivity index is 1.97. The molecule has 1 atom stereocenters. The lowest BCUT2D eigenvalue weighted by atomic mass is 9.90. The molecule has 0 aromatic heterocycles. The quantitative estimate of drug-likeness (QED) is 0.851. The summed E-state index contributed by atoms with van der Waals surface area (Å²) in [6, 6.07) is 1.82. The van der Waals surface area contributed by atoms with Crippen LogP contribution in [0.25, 0.3) is 0 Å². The van der Waals surface area contributed by atoms with E-state index in [0.717, 1.165) is 42.8 Å². The van der Waals surface area contributed by atoms with Gasteiger partial charge in [-0.2, -0.15) is 0 Å². The van der Waals surface area contributed by atoms with E-state index < -0.39 is 5.79 Å². The van der Waals surface area contributed by atoms with Gasteiger partial charge < -0.3 is 19.5 Å². The number of rotatable bonds is 2. The molecule has 5 nitrogen and oxygen atoms in total. The molecule has 0 spiro atoms. The molecule has 2 aliphatic heterocycles. The Hall–Kier alpha value is -1.75. The molecule has 22 heavy (non-hydrogen) atoms. The zero-order valence-corrected chi connectivity index (χ0v) is 13.6. The second-order valence-corrected chi connectivity index (χ2v) is 6.26. The van der Waals surface area contributed by atoms with Crippen LogP contribution in [-0.4, -0.2) is 32.0 Å². The summed E-state index contributed by atoms with van der Waals surface area (Å²) in [7, 11) is 1.39. The molecule has 3 rings (SSSR count). The maximum absolute atomic E-state index is 11.9. The van der Waals surface area contributed by atoms with Gasteiger partial charge in [0.15, 0.2) is 11.5 Å². The summed E-state index contributed by atoms with van der Waals surface area (Å²) in [5, 5.41) is 3.36. The van der Waals surface area contributed by atoms with E-state index in [0.29, 0.717) is 17.2 Å². The molecule has 1 aromatic carbocycles. The Morgan fingerprint density at radius 3 is 2.55 bits per heavy atom. The van der Waals surface area contributed by atoms with Crippen LogP contribution in [0.3, 0.4) is 0 Å². The summed E-state index contributed by atoms with van der Waals surface area (Å²) in [4.78, 5) is 11.9. The monoisotopic (exact) mass is 305 g/mol. The molecule has 1 saturated heterocycles. The van der Waals surface area contributed by atoms with Crippen molar-refractivity contribution in [2.75, 3.05) is 20.2 Å². The Morgan fingerprint density at radius 2 is 1.91 bits per heavy atom. The van der Waals surface area contributed by atoms with E-state index in [1.165, 1.54) is 7.11 Å². The average Bonchev–Trinajstić information content (AvgIpc) is 2.91. The molecular weight excluding hydrogens is 282 g/mol. The molecular formula is C17H23NO4. The Kier molecular flexibility index (Phi) is 3.77. The highest BCUT2D eigenvalue weighted by molar-refractivity contribution is 5.92. The fourth-order valence-corrected chi connectivity index (χ4v) is 3.37. The lowest BCUT2D eigenvalue weighted by Crippen LogP contribution is -2.47. The van der Waals surface area contributed by atoms with E-state index in [-0.39, 0.29) is 5.97 Å². The van der Waals surface area contributed by atoms with Gasteiger partial charge in [-0.3, -0.25) is 0 Å². The number of ether oxygens (including phenoxy) is 3. The van der Waals surface area contributed by atoms with Crippen molar-refractivity contribution in [3.63, 3.8) is 0 Å². The molecule has 2 heterocycles. The Morgan fingerprint density at radius 1 is 1.27 bits per heavy atom. The molecule has 120 valence electrons. The number of piperidine rings is 1. The van der Waals surface area contributed by atoms with E-state index in [4.69, 9.17) is 14.2 Å². The van der Waals surface area contributed by atoms with E-state index >= 15 is 0 Å². The average molecular weight is 305 g/mol. The number of nitrogens with one attached hydrogen (secondary N) is 1. The minimum atomic E-state index is -0.658. The fraction of sp³-hybridized carbons (Fsp3) is 0.588. The van der Waals surface area contributed by atoms with Crippen LogP contribution >= 0.6 is 0 Å². The fourth-order valence-electron chi connectivity index (χ4n) is 3.37. The minimum Gasteiger partial charge on any atom is -0.465 e. The van der Waals surface area contributed by atoms with Gasteiger partial charge in [0.05, 0.1) is 12.7 Å². The van der Waals surface area contributed by atoms with Crippen LogP contribution in [0, 0.1) is 19.8 Å². The predicted octanol–water partition coefficient (Wildman–Crippen LogP) is 2.58. The SMILES string of the molecule is COC(=O)c1cc(C)c2c(c1C)O[C@](C)(C1CCNCC1)O2. The maximum Gasteiger partial charge on any atom is 0.338 e. The van der Waals surface area contributed by atoms with Crippen molar-refractivity contribution in [1.82, 2.24) is 5.32 Å². The topological polar surface area (TPSA) is 56.8 Å². The van der Waals surface area contributed by atoms with Gasteiger partial charge in [0.25, 0.3) is 5.79 Å². The van der Waals surface area contributed by atoms with Gasteiger partial charge in [-0.1, -0.05) is 0 Å².